The molecule has 0 amide bonds. The molecule has 2 rings (SSSR count). The van der Waals surface area contributed by atoms with Crippen molar-refractivity contribution >= 4 is 5.82 Å². The fraction of sp³-hybridized carbons (Fsp3) is 0.231. The molecule has 0 saturated carbocycles. The fourth-order valence-electron chi connectivity index (χ4n) is 1.52. The van der Waals surface area contributed by atoms with Crippen molar-refractivity contribution in [2.45, 2.75) is 19.8 Å². The first-order valence-electron chi connectivity index (χ1n) is 5.50. The van der Waals surface area contributed by atoms with Crippen LogP contribution in [0.2, 0.25) is 0 Å². The smallest absolute Gasteiger partial charge is 0.161 e. The zero-order valence-electron chi connectivity index (χ0n) is 9.88. The minimum absolute atomic E-state index is 0.224. The Balaban J connectivity index is 2.48. The fourth-order valence-corrected chi connectivity index (χ4v) is 1.52. The highest BCUT2D eigenvalue weighted by molar-refractivity contribution is 5.58. The molecule has 0 atom stereocenters. The van der Waals surface area contributed by atoms with Gasteiger partial charge in [-0.25, -0.2) is 9.97 Å². The van der Waals surface area contributed by atoms with Gasteiger partial charge in [0, 0.05) is 17.3 Å². The lowest BCUT2D eigenvalue weighted by molar-refractivity contribution is 0.475. The summed E-state index contributed by atoms with van der Waals surface area (Å²) in [5.41, 5.74) is 7.53. The van der Waals surface area contributed by atoms with E-state index in [1.165, 1.54) is 0 Å². The van der Waals surface area contributed by atoms with E-state index in [1.807, 2.05) is 0 Å². The van der Waals surface area contributed by atoms with E-state index in [0.29, 0.717) is 17.6 Å². The van der Waals surface area contributed by atoms with Crippen LogP contribution in [0.25, 0.3) is 11.4 Å². The molecule has 0 saturated heterocycles. The molecule has 3 N–H and O–H groups in total. The van der Waals surface area contributed by atoms with E-state index in [-0.39, 0.29) is 5.75 Å². The average molecular weight is 229 g/mol. The monoisotopic (exact) mass is 229 g/mol. The van der Waals surface area contributed by atoms with Gasteiger partial charge < -0.3 is 10.8 Å². The zero-order chi connectivity index (χ0) is 12.4. The molecule has 4 heteroatoms. The molecule has 17 heavy (non-hydrogen) atoms. The molecule has 0 aliphatic rings. The van der Waals surface area contributed by atoms with Crippen molar-refractivity contribution in [1.29, 1.82) is 0 Å². The van der Waals surface area contributed by atoms with Crippen molar-refractivity contribution in [2.75, 3.05) is 5.73 Å². The van der Waals surface area contributed by atoms with Gasteiger partial charge >= 0.3 is 0 Å². The van der Waals surface area contributed by atoms with Gasteiger partial charge in [-0.3, -0.25) is 0 Å². The summed E-state index contributed by atoms with van der Waals surface area (Å²) in [6, 6.07) is 8.55. The van der Waals surface area contributed by atoms with Gasteiger partial charge in [0.2, 0.25) is 0 Å². The lowest BCUT2D eigenvalue weighted by Gasteiger charge is -2.08. The van der Waals surface area contributed by atoms with Gasteiger partial charge in [0.25, 0.3) is 0 Å². The predicted molar refractivity (Wildman–Crippen MR) is 67.6 cm³/mol. The quantitative estimate of drug-likeness (QED) is 0.830. The molecule has 0 bridgehead atoms. The molecule has 1 aromatic heterocycles. The molecule has 0 aliphatic carbocycles. The summed E-state index contributed by atoms with van der Waals surface area (Å²) < 4.78 is 0. The Labute approximate surface area is 100 Å². The minimum atomic E-state index is 0.224. The molecule has 0 radical (unpaired) electrons. The van der Waals surface area contributed by atoms with Crippen molar-refractivity contribution in [3.63, 3.8) is 0 Å². The van der Waals surface area contributed by atoms with Crippen LogP contribution in [0.5, 0.6) is 5.75 Å². The lowest BCUT2D eigenvalue weighted by atomic mass is 10.1. The zero-order valence-corrected chi connectivity index (χ0v) is 9.88. The van der Waals surface area contributed by atoms with Crippen LogP contribution in [-0.4, -0.2) is 15.1 Å². The lowest BCUT2D eigenvalue weighted by Crippen LogP contribution is -2.01. The molecule has 1 aromatic carbocycles. The van der Waals surface area contributed by atoms with Crippen molar-refractivity contribution in [1.82, 2.24) is 9.97 Å². The summed E-state index contributed by atoms with van der Waals surface area (Å²) in [7, 11) is 0. The van der Waals surface area contributed by atoms with E-state index in [4.69, 9.17) is 5.73 Å². The van der Waals surface area contributed by atoms with Crippen LogP contribution in [0.4, 0.5) is 5.82 Å². The van der Waals surface area contributed by atoms with Gasteiger partial charge in [0.1, 0.15) is 11.6 Å². The number of benzene rings is 1. The van der Waals surface area contributed by atoms with Gasteiger partial charge in [-0.15, -0.1) is 0 Å². The van der Waals surface area contributed by atoms with Gasteiger partial charge in [-0.1, -0.05) is 13.8 Å². The summed E-state index contributed by atoms with van der Waals surface area (Å²) in [4.78, 5) is 8.66. The van der Waals surface area contributed by atoms with Crippen LogP contribution in [-0.2, 0) is 0 Å². The number of hydrogen-bond acceptors (Lipinski definition) is 4. The average Bonchev–Trinajstić information content (AvgIpc) is 2.29. The SMILES string of the molecule is CC(C)c1cc(N)nc(-c2ccc(O)cc2)n1. The van der Waals surface area contributed by atoms with Crippen molar-refractivity contribution < 1.29 is 5.11 Å². The number of aromatic hydroxyl groups is 1. The van der Waals surface area contributed by atoms with E-state index in [0.717, 1.165) is 11.3 Å². The summed E-state index contributed by atoms with van der Waals surface area (Å²) in [6.07, 6.45) is 0. The second-order valence-electron chi connectivity index (χ2n) is 4.24. The Morgan fingerprint density at radius 2 is 1.76 bits per heavy atom. The highest BCUT2D eigenvalue weighted by Crippen LogP contribution is 2.22. The first-order chi connectivity index (χ1) is 8.06. The highest BCUT2D eigenvalue weighted by Gasteiger charge is 2.07. The molecule has 2 aromatic rings. The van der Waals surface area contributed by atoms with E-state index < -0.39 is 0 Å². The maximum Gasteiger partial charge on any atom is 0.161 e. The second-order valence-corrected chi connectivity index (χ2v) is 4.24. The van der Waals surface area contributed by atoms with Crippen molar-refractivity contribution in [3.05, 3.63) is 36.0 Å². The number of anilines is 1. The summed E-state index contributed by atoms with van der Waals surface area (Å²) in [6.45, 7) is 4.12. The van der Waals surface area contributed by atoms with Crippen LogP contribution in [0.1, 0.15) is 25.5 Å². The molecule has 88 valence electrons. The molecule has 4 nitrogen and oxygen atoms in total. The maximum absolute atomic E-state index is 9.24. The van der Waals surface area contributed by atoms with Crippen LogP contribution < -0.4 is 5.73 Å². The summed E-state index contributed by atoms with van der Waals surface area (Å²) in [5, 5.41) is 9.24. The molecular weight excluding hydrogens is 214 g/mol. The minimum Gasteiger partial charge on any atom is -0.508 e. The van der Waals surface area contributed by atoms with E-state index in [1.54, 1.807) is 30.3 Å². The summed E-state index contributed by atoms with van der Waals surface area (Å²) in [5.74, 6) is 1.58. The van der Waals surface area contributed by atoms with Crippen LogP contribution in [0.3, 0.4) is 0 Å². The largest absolute Gasteiger partial charge is 0.508 e. The Morgan fingerprint density at radius 3 is 2.35 bits per heavy atom. The first-order valence-corrected chi connectivity index (χ1v) is 5.50. The van der Waals surface area contributed by atoms with Crippen LogP contribution in [0.15, 0.2) is 30.3 Å². The summed E-state index contributed by atoms with van der Waals surface area (Å²) >= 11 is 0. The second kappa shape index (κ2) is 4.41. The van der Waals surface area contributed by atoms with E-state index in [2.05, 4.69) is 23.8 Å². The highest BCUT2D eigenvalue weighted by atomic mass is 16.3. The molecule has 0 spiro atoms. The number of nitrogen functional groups attached to an aromatic ring is 1. The number of aromatic nitrogens is 2. The third kappa shape index (κ3) is 2.53. The molecule has 1 heterocycles. The van der Waals surface area contributed by atoms with Gasteiger partial charge in [-0.05, 0) is 30.2 Å². The maximum atomic E-state index is 9.24. The number of hydrogen-bond donors (Lipinski definition) is 2. The molecule has 0 fully saturated rings. The van der Waals surface area contributed by atoms with E-state index in [9.17, 15) is 5.11 Å². The standard InChI is InChI=1S/C13H15N3O/c1-8(2)11-7-12(14)16-13(15-11)9-3-5-10(17)6-4-9/h3-8,17H,1-2H3,(H2,14,15,16). The Bertz CT molecular complexity index is 521. The normalized spacial score (nSPS) is 10.8. The predicted octanol–water partition coefficient (Wildman–Crippen LogP) is 2.55. The Hall–Kier alpha value is -2.10. The van der Waals surface area contributed by atoms with Crippen molar-refractivity contribution in [2.24, 2.45) is 0 Å². The first kappa shape index (κ1) is 11.4. The molecule has 0 aliphatic heterocycles. The van der Waals surface area contributed by atoms with Crippen molar-refractivity contribution in [3.8, 4) is 17.1 Å². The number of phenolic OH excluding ortho intramolecular Hbond substituents is 1. The van der Waals surface area contributed by atoms with E-state index >= 15 is 0 Å². The topological polar surface area (TPSA) is 72.0 Å². The number of nitrogens with two attached hydrogens (primary N) is 1. The molecule has 0 unspecified atom stereocenters. The van der Waals surface area contributed by atoms with Crippen LogP contribution >= 0.6 is 0 Å². The third-order valence-electron chi connectivity index (χ3n) is 2.48. The van der Waals surface area contributed by atoms with Gasteiger partial charge in [-0.2, -0.15) is 0 Å². The Morgan fingerprint density at radius 1 is 1.12 bits per heavy atom. The van der Waals surface area contributed by atoms with Crippen LogP contribution in [0, 0.1) is 0 Å². The third-order valence-corrected chi connectivity index (χ3v) is 2.48. The number of phenols is 1. The number of nitrogens with zero attached hydrogens (tertiary/aromatic N) is 2. The number of rotatable bonds is 2. The van der Waals surface area contributed by atoms with Gasteiger partial charge in [0.15, 0.2) is 5.82 Å². The Kier molecular flexibility index (Phi) is 2.95. The molecular formula is C13H15N3O. The van der Waals surface area contributed by atoms with Gasteiger partial charge in [0.05, 0.1) is 0 Å².